The van der Waals surface area contributed by atoms with Gasteiger partial charge in [-0.2, -0.15) is 0 Å². The Labute approximate surface area is 143 Å². The number of benzene rings is 1. The summed E-state index contributed by atoms with van der Waals surface area (Å²) >= 11 is 0. The van der Waals surface area contributed by atoms with E-state index in [1.165, 1.54) is 22.9 Å². The summed E-state index contributed by atoms with van der Waals surface area (Å²) in [6.07, 6.45) is 8.77. The van der Waals surface area contributed by atoms with Gasteiger partial charge in [0.05, 0.1) is 0 Å². The number of carbonyl (C=O) groups is 1. The molecule has 2 atom stereocenters. The Morgan fingerprint density at radius 1 is 1.29 bits per heavy atom. The van der Waals surface area contributed by atoms with Crippen molar-refractivity contribution in [3.05, 3.63) is 35.5 Å². The van der Waals surface area contributed by atoms with E-state index in [0.717, 1.165) is 37.6 Å². The fourth-order valence-electron chi connectivity index (χ4n) is 3.89. The third kappa shape index (κ3) is 3.81. The van der Waals surface area contributed by atoms with Crippen LogP contribution in [0.4, 0.5) is 0 Å². The normalized spacial score (nSPS) is 21.6. The lowest BCUT2D eigenvalue weighted by molar-refractivity contribution is -0.122. The van der Waals surface area contributed by atoms with Crippen LogP contribution in [0.2, 0.25) is 0 Å². The number of H-pyrrole nitrogens is 1. The Kier molecular flexibility index (Phi) is 5.56. The third-order valence-corrected chi connectivity index (χ3v) is 5.37. The van der Waals surface area contributed by atoms with E-state index in [-0.39, 0.29) is 24.5 Å². The number of hydrogen-bond acceptors (Lipinski definition) is 2. The molecule has 0 spiro atoms. The highest BCUT2D eigenvalue weighted by Crippen LogP contribution is 2.24. The minimum Gasteiger partial charge on any atom is -0.396 e. The van der Waals surface area contributed by atoms with Crippen LogP contribution in [0.3, 0.4) is 0 Å². The van der Waals surface area contributed by atoms with E-state index in [1.807, 2.05) is 6.20 Å². The summed E-state index contributed by atoms with van der Waals surface area (Å²) < 4.78 is 0. The number of carbonyl (C=O) groups excluding carboxylic acids is 1. The molecule has 4 nitrogen and oxygen atoms in total. The molecule has 0 saturated heterocycles. The molecule has 0 radical (unpaired) electrons. The van der Waals surface area contributed by atoms with Crippen LogP contribution >= 0.6 is 0 Å². The first-order valence-corrected chi connectivity index (χ1v) is 9.15. The van der Waals surface area contributed by atoms with E-state index < -0.39 is 0 Å². The van der Waals surface area contributed by atoms with Crippen molar-refractivity contribution >= 4 is 16.8 Å². The summed E-state index contributed by atoms with van der Waals surface area (Å²) in [5, 5.41) is 14.0. The molecule has 24 heavy (non-hydrogen) atoms. The molecule has 4 heteroatoms. The van der Waals surface area contributed by atoms with Crippen molar-refractivity contribution in [2.24, 2.45) is 5.92 Å². The molecular formula is C20H28N2O2. The molecule has 0 aliphatic heterocycles. The number of para-hydroxylation sites is 1. The molecule has 1 saturated carbocycles. The number of aromatic nitrogens is 1. The van der Waals surface area contributed by atoms with Gasteiger partial charge in [-0.3, -0.25) is 4.79 Å². The highest BCUT2D eigenvalue weighted by molar-refractivity contribution is 5.86. The van der Waals surface area contributed by atoms with Gasteiger partial charge < -0.3 is 15.4 Å². The number of aryl methyl sites for hydroxylation is 2. The van der Waals surface area contributed by atoms with Gasteiger partial charge in [-0.1, -0.05) is 37.5 Å². The number of fused-ring (bicyclic) bond motifs is 1. The van der Waals surface area contributed by atoms with Gasteiger partial charge >= 0.3 is 0 Å². The summed E-state index contributed by atoms with van der Waals surface area (Å²) in [7, 11) is 0. The topological polar surface area (TPSA) is 65.1 Å². The molecule has 2 aromatic rings. The van der Waals surface area contributed by atoms with Crippen molar-refractivity contribution in [1.29, 1.82) is 0 Å². The summed E-state index contributed by atoms with van der Waals surface area (Å²) in [5.41, 5.74) is 3.59. The van der Waals surface area contributed by atoms with Crippen LogP contribution in [0, 0.1) is 12.8 Å². The molecule has 1 aliphatic carbocycles. The van der Waals surface area contributed by atoms with E-state index in [2.05, 4.69) is 35.4 Å². The number of rotatable bonds is 5. The van der Waals surface area contributed by atoms with Gasteiger partial charge in [0.1, 0.15) is 0 Å². The zero-order chi connectivity index (χ0) is 16.9. The van der Waals surface area contributed by atoms with E-state index >= 15 is 0 Å². The largest absolute Gasteiger partial charge is 0.396 e. The van der Waals surface area contributed by atoms with Crippen LogP contribution in [0.5, 0.6) is 0 Å². The predicted molar refractivity (Wildman–Crippen MR) is 96.9 cm³/mol. The minimum atomic E-state index is 0.0994. The maximum Gasteiger partial charge on any atom is 0.220 e. The van der Waals surface area contributed by atoms with Crippen molar-refractivity contribution in [1.82, 2.24) is 10.3 Å². The van der Waals surface area contributed by atoms with Gasteiger partial charge in [0, 0.05) is 42.1 Å². The summed E-state index contributed by atoms with van der Waals surface area (Å²) in [6, 6.07) is 6.40. The average Bonchev–Trinajstić information content (AvgIpc) is 2.87. The lowest BCUT2D eigenvalue weighted by atomic mass is 9.95. The predicted octanol–water partition coefficient (Wildman–Crippen LogP) is 3.47. The van der Waals surface area contributed by atoms with Crippen molar-refractivity contribution in [2.75, 3.05) is 6.61 Å². The molecule has 1 aromatic heterocycles. The molecule has 2 unspecified atom stereocenters. The maximum absolute atomic E-state index is 12.4. The molecule has 130 valence electrons. The molecule has 1 fully saturated rings. The van der Waals surface area contributed by atoms with Gasteiger partial charge in [0.25, 0.3) is 0 Å². The SMILES string of the molecule is Cc1cccc2c(CCC(=O)NC3CCCCCC3CO)c[nH]c12. The lowest BCUT2D eigenvalue weighted by Crippen LogP contribution is -2.41. The monoisotopic (exact) mass is 328 g/mol. The fraction of sp³-hybridized carbons (Fsp3) is 0.550. The highest BCUT2D eigenvalue weighted by atomic mass is 16.3. The zero-order valence-corrected chi connectivity index (χ0v) is 14.5. The van der Waals surface area contributed by atoms with E-state index in [0.29, 0.717) is 6.42 Å². The third-order valence-electron chi connectivity index (χ3n) is 5.37. The van der Waals surface area contributed by atoms with Gasteiger partial charge in [-0.05, 0) is 37.3 Å². The van der Waals surface area contributed by atoms with Gasteiger partial charge in [-0.25, -0.2) is 0 Å². The van der Waals surface area contributed by atoms with E-state index in [1.54, 1.807) is 0 Å². The first-order valence-electron chi connectivity index (χ1n) is 9.15. The summed E-state index contributed by atoms with van der Waals surface area (Å²) in [6.45, 7) is 2.27. The molecule has 1 aliphatic rings. The van der Waals surface area contributed by atoms with Crippen molar-refractivity contribution in [2.45, 2.75) is 57.9 Å². The average molecular weight is 328 g/mol. The number of aromatic amines is 1. The van der Waals surface area contributed by atoms with Crippen LogP contribution in [0.25, 0.3) is 10.9 Å². The van der Waals surface area contributed by atoms with Crippen molar-refractivity contribution in [3.63, 3.8) is 0 Å². The second kappa shape index (κ2) is 7.84. The maximum atomic E-state index is 12.4. The summed E-state index contributed by atoms with van der Waals surface area (Å²) in [5.74, 6) is 0.314. The molecular weight excluding hydrogens is 300 g/mol. The molecule has 1 amide bonds. The number of aliphatic hydroxyl groups is 1. The van der Waals surface area contributed by atoms with Crippen LogP contribution in [-0.2, 0) is 11.2 Å². The van der Waals surface area contributed by atoms with E-state index in [9.17, 15) is 9.90 Å². The fourth-order valence-corrected chi connectivity index (χ4v) is 3.89. The van der Waals surface area contributed by atoms with Crippen LogP contribution < -0.4 is 5.32 Å². The second-order valence-corrected chi connectivity index (χ2v) is 7.07. The van der Waals surface area contributed by atoms with Crippen molar-refractivity contribution < 1.29 is 9.90 Å². The first kappa shape index (κ1) is 17.0. The van der Waals surface area contributed by atoms with Crippen LogP contribution in [0.1, 0.15) is 49.7 Å². The Balaban J connectivity index is 1.59. The van der Waals surface area contributed by atoms with Gasteiger partial charge in [-0.15, -0.1) is 0 Å². The molecule has 1 aromatic carbocycles. The van der Waals surface area contributed by atoms with Crippen LogP contribution in [-0.4, -0.2) is 28.6 Å². The standard InChI is InChI=1S/C20H28N2O2/c1-14-6-5-8-17-15(12-21-20(14)17)10-11-19(24)22-18-9-4-2-3-7-16(18)13-23/h5-6,8,12,16,18,21,23H,2-4,7,9-11,13H2,1H3,(H,22,24). The number of nitrogens with one attached hydrogen (secondary N) is 2. The zero-order valence-electron chi connectivity index (χ0n) is 14.5. The Hall–Kier alpha value is -1.81. The van der Waals surface area contributed by atoms with E-state index in [4.69, 9.17) is 0 Å². The molecule has 3 rings (SSSR count). The number of hydrogen-bond donors (Lipinski definition) is 3. The summed E-state index contributed by atoms with van der Waals surface area (Å²) in [4.78, 5) is 15.7. The van der Waals surface area contributed by atoms with Gasteiger partial charge in [0.15, 0.2) is 0 Å². The first-order chi connectivity index (χ1) is 11.7. The molecule has 0 bridgehead atoms. The lowest BCUT2D eigenvalue weighted by Gasteiger charge is -2.24. The smallest absolute Gasteiger partial charge is 0.220 e. The van der Waals surface area contributed by atoms with Crippen LogP contribution in [0.15, 0.2) is 24.4 Å². The highest BCUT2D eigenvalue weighted by Gasteiger charge is 2.24. The van der Waals surface area contributed by atoms with Crippen molar-refractivity contribution in [3.8, 4) is 0 Å². The number of amides is 1. The number of aliphatic hydroxyl groups excluding tert-OH is 1. The Morgan fingerprint density at radius 2 is 2.12 bits per heavy atom. The Bertz CT molecular complexity index is 692. The Morgan fingerprint density at radius 3 is 2.96 bits per heavy atom. The molecule has 3 N–H and O–H groups in total. The second-order valence-electron chi connectivity index (χ2n) is 7.07. The molecule has 1 heterocycles. The minimum absolute atomic E-state index is 0.0994. The quantitative estimate of drug-likeness (QED) is 0.736. The van der Waals surface area contributed by atoms with Gasteiger partial charge in [0.2, 0.25) is 5.91 Å².